The summed E-state index contributed by atoms with van der Waals surface area (Å²) < 4.78 is 1.48. The standard InChI is InChI=1S/C12H13N3O3S/c1-7-10(3-11(16)17)8(2)15(12(18)14-7)5-9-4-13-6-19-9/h4,6H,3,5H2,1-2H3,(H,16,17). The second-order valence-corrected chi connectivity index (χ2v) is 5.14. The van der Waals surface area contributed by atoms with Gasteiger partial charge in [0.2, 0.25) is 0 Å². The molecule has 0 atom stereocenters. The maximum atomic E-state index is 11.9. The molecule has 2 aromatic heterocycles. The highest BCUT2D eigenvalue weighted by atomic mass is 32.1. The molecule has 0 bridgehead atoms. The molecule has 0 aliphatic carbocycles. The Morgan fingerprint density at radius 2 is 2.21 bits per heavy atom. The van der Waals surface area contributed by atoms with Crippen LogP contribution in [0.25, 0.3) is 0 Å². The smallest absolute Gasteiger partial charge is 0.348 e. The van der Waals surface area contributed by atoms with E-state index in [1.165, 1.54) is 15.9 Å². The van der Waals surface area contributed by atoms with Crippen LogP contribution in [0.1, 0.15) is 21.8 Å². The maximum Gasteiger partial charge on any atom is 0.348 e. The molecule has 2 heterocycles. The summed E-state index contributed by atoms with van der Waals surface area (Å²) in [6.45, 7) is 3.77. The SMILES string of the molecule is Cc1nc(=O)n(Cc2cncs2)c(C)c1CC(=O)O. The summed E-state index contributed by atoms with van der Waals surface area (Å²) in [5, 5.41) is 8.91. The Balaban J connectivity index is 2.48. The Labute approximate surface area is 113 Å². The van der Waals surface area contributed by atoms with Gasteiger partial charge in [-0.15, -0.1) is 11.3 Å². The largest absolute Gasteiger partial charge is 0.481 e. The van der Waals surface area contributed by atoms with Crippen molar-refractivity contribution in [1.82, 2.24) is 14.5 Å². The molecule has 0 radical (unpaired) electrons. The molecule has 0 aliphatic rings. The monoisotopic (exact) mass is 279 g/mol. The quantitative estimate of drug-likeness (QED) is 0.902. The third-order valence-corrected chi connectivity index (χ3v) is 3.66. The summed E-state index contributed by atoms with van der Waals surface area (Å²) >= 11 is 1.44. The zero-order valence-corrected chi connectivity index (χ0v) is 11.4. The average Bonchev–Trinajstić information content (AvgIpc) is 2.82. The van der Waals surface area contributed by atoms with Crippen LogP contribution in [0.5, 0.6) is 0 Å². The number of hydrogen-bond donors (Lipinski definition) is 1. The number of aromatic nitrogens is 3. The number of aliphatic carboxylic acids is 1. The molecule has 0 spiro atoms. The maximum absolute atomic E-state index is 11.9. The van der Waals surface area contributed by atoms with Crippen LogP contribution in [0, 0.1) is 13.8 Å². The second-order valence-electron chi connectivity index (χ2n) is 4.17. The lowest BCUT2D eigenvalue weighted by molar-refractivity contribution is -0.136. The van der Waals surface area contributed by atoms with Gasteiger partial charge in [-0.1, -0.05) is 0 Å². The van der Waals surface area contributed by atoms with Crippen LogP contribution >= 0.6 is 11.3 Å². The van der Waals surface area contributed by atoms with E-state index in [0.29, 0.717) is 23.5 Å². The summed E-state index contributed by atoms with van der Waals surface area (Å²) in [6.07, 6.45) is 1.56. The number of rotatable bonds is 4. The van der Waals surface area contributed by atoms with Crippen LogP contribution < -0.4 is 5.69 Å². The van der Waals surface area contributed by atoms with Crippen molar-refractivity contribution in [1.29, 1.82) is 0 Å². The number of hydrogen-bond acceptors (Lipinski definition) is 5. The third kappa shape index (κ3) is 2.87. The van der Waals surface area contributed by atoms with E-state index >= 15 is 0 Å². The number of carboxylic acid groups (broad SMARTS) is 1. The van der Waals surface area contributed by atoms with Gasteiger partial charge in [-0.25, -0.2) is 4.79 Å². The molecule has 0 aromatic carbocycles. The molecule has 19 heavy (non-hydrogen) atoms. The first-order valence-electron chi connectivity index (χ1n) is 5.65. The minimum Gasteiger partial charge on any atom is -0.481 e. The van der Waals surface area contributed by atoms with Gasteiger partial charge in [0, 0.05) is 28.0 Å². The van der Waals surface area contributed by atoms with Crippen molar-refractivity contribution >= 4 is 17.3 Å². The molecule has 1 N–H and O–H groups in total. The summed E-state index contributed by atoms with van der Waals surface area (Å²) in [5.41, 5.74) is 3.04. The Morgan fingerprint density at radius 3 is 2.79 bits per heavy atom. The van der Waals surface area contributed by atoms with E-state index in [4.69, 9.17) is 5.11 Å². The van der Waals surface area contributed by atoms with E-state index in [0.717, 1.165) is 4.88 Å². The van der Waals surface area contributed by atoms with Crippen molar-refractivity contribution in [3.8, 4) is 0 Å². The molecule has 2 aromatic rings. The van der Waals surface area contributed by atoms with Gasteiger partial charge in [0.1, 0.15) is 0 Å². The van der Waals surface area contributed by atoms with Crippen LogP contribution in [0.4, 0.5) is 0 Å². The van der Waals surface area contributed by atoms with Gasteiger partial charge in [-0.3, -0.25) is 14.3 Å². The highest BCUT2D eigenvalue weighted by molar-refractivity contribution is 7.09. The first-order chi connectivity index (χ1) is 8.99. The van der Waals surface area contributed by atoms with Gasteiger partial charge < -0.3 is 5.11 Å². The van der Waals surface area contributed by atoms with Crippen molar-refractivity contribution in [2.24, 2.45) is 0 Å². The van der Waals surface area contributed by atoms with E-state index < -0.39 is 5.97 Å². The highest BCUT2D eigenvalue weighted by Crippen LogP contribution is 2.13. The first-order valence-corrected chi connectivity index (χ1v) is 6.53. The lowest BCUT2D eigenvalue weighted by atomic mass is 10.1. The minimum absolute atomic E-state index is 0.131. The Morgan fingerprint density at radius 1 is 1.47 bits per heavy atom. The number of thiazole rings is 1. The lowest BCUT2D eigenvalue weighted by Crippen LogP contribution is -2.28. The van der Waals surface area contributed by atoms with Crippen LogP contribution in [0.2, 0.25) is 0 Å². The zero-order valence-electron chi connectivity index (χ0n) is 10.6. The van der Waals surface area contributed by atoms with Gasteiger partial charge in [-0.05, 0) is 13.8 Å². The fraction of sp³-hybridized carbons (Fsp3) is 0.333. The van der Waals surface area contributed by atoms with E-state index in [1.807, 2.05) is 0 Å². The van der Waals surface area contributed by atoms with E-state index in [2.05, 4.69) is 9.97 Å². The van der Waals surface area contributed by atoms with Crippen molar-refractivity contribution in [2.75, 3.05) is 0 Å². The molecule has 6 nitrogen and oxygen atoms in total. The Kier molecular flexibility index (Phi) is 3.75. The summed E-state index contributed by atoms with van der Waals surface area (Å²) in [4.78, 5) is 31.6. The van der Waals surface area contributed by atoms with Crippen molar-refractivity contribution in [3.05, 3.63) is 44.0 Å². The van der Waals surface area contributed by atoms with E-state index in [-0.39, 0.29) is 12.1 Å². The van der Waals surface area contributed by atoms with E-state index in [1.54, 1.807) is 25.6 Å². The molecule has 0 unspecified atom stereocenters. The number of carbonyl (C=O) groups is 1. The molecule has 7 heteroatoms. The van der Waals surface area contributed by atoms with Crippen molar-refractivity contribution in [3.63, 3.8) is 0 Å². The van der Waals surface area contributed by atoms with Crippen LogP contribution in [0.3, 0.4) is 0 Å². The number of aryl methyl sites for hydroxylation is 1. The normalized spacial score (nSPS) is 10.6. The number of carboxylic acids is 1. The van der Waals surface area contributed by atoms with Gasteiger partial charge in [0.25, 0.3) is 0 Å². The van der Waals surface area contributed by atoms with Crippen LogP contribution in [0.15, 0.2) is 16.5 Å². The molecule has 0 fully saturated rings. The molecule has 0 amide bonds. The Hall–Kier alpha value is -2.02. The summed E-state index contributed by atoms with van der Waals surface area (Å²) in [7, 11) is 0. The highest BCUT2D eigenvalue weighted by Gasteiger charge is 2.14. The lowest BCUT2D eigenvalue weighted by Gasteiger charge is -2.13. The Bertz CT molecular complexity index is 662. The zero-order chi connectivity index (χ0) is 14.0. The van der Waals surface area contributed by atoms with Crippen LogP contribution in [-0.4, -0.2) is 25.6 Å². The predicted octanol–water partition coefficient (Wildman–Crippen LogP) is 0.992. The molecule has 100 valence electrons. The molecule has 0 saturated carbocycles. The van der Waals surface area contributed by atoms with E-state index in [9.17, 15) is 9.59 Å². The molecular formula is C12H13N3O3S. The molecular weight excluding hydrogens is 266 g/mol. The van der Waals surface area contributed by atoms with Crippen LogP contribution in [-0.2, 0) is 17.8 Å². The van der Waals surface area contributed by atoms with Gasteiger partial charge >= 0.3 is 11.7 Å². The first kappa shape index (κ1) is 13.4. The van der Waals surface area contributed by atoms with Crippen molar-refractivity contribution < 1.29 is 9.90 Å². The number of nitrogens with zero attached hydrogens (tertiary/aromatic N) is 3. The van der Waals surface area contributed by atoms with Gasteiger partial charge in [0.05, 0.1) is 18.5 Å². The predicted molar refractivity (Wildman–Crippen MR) is 70.5 cm³/mol. The summed E-state index contributed by atoms with van der Waals surface area (Å²) in [6, 6.07) is 0. The molecule has 0 aliphatic heterocycles. The second kappa shape index (κ2) is 5.31. The third-order valence-electron chi connectivity index (χ3n) is 2.90. The topological polar surface area (TPSA) is 85.1 Å². The van der Waals surface area contributed by atoms with Gasteiger partial charge in [0.15, 0.2) is 0 Å². The fourth-order valence-electron chi connectivity index (χ4n) is 1.91. The van der Waals surface area contributed by atoms with Gasteiger partial charge in [-0.2, -0.15) is 4.98 Å². The summed E-state index contributed by atoms with van der Waals surface area (Å²) in [5.74, 6) is -0.934. The average molecular weight is 279 g/mol. The molecule has 0 saturated heterocycles. The molecule has 2 rings (SSSR count). The fourth-order valence-corrected chi connectivity index (χ4v) is 2.49. The minimum atomic E-state index is -0.934. The van der Waals surface area contributed by atoms with Crippen molar-refractivity contribution in [2.45, 2.75) is 26.8 Å².